The summed E-state index contributed by atoms with van der Waals surface area (Å²) < 4.78 is 0. The molecule has 2 aromatic rings. The molecular weight excluding hydrogens is 335 g/mol. The van der Waals surface area contributed by atoms with Gasteiger partial charge in [0.1, 0.15) is 0 Å². The van der Waals surface area contributed by atoms with Crippen LogP contribution in [0.15, 0.2) is 54.6 Å². The van der Waals surface area contributed by atoms with Crippen molar-refractivity contribution in [3.63, 3.8) is 0 Å². The van der Waals surface area contributed by atoms with E-state index < -0.39 is 5.91 Å². The molecule has 23 heavy (non-hydrogen) atoms. The topological polar surface area (TPSA) is 58.2 Å². The van der Waals surface area contributed by atoms with Crippen LogP contribution in [0.5, 0.6) is 0 Å². The molecule has 0 spiro atoms. The van der Waals surface area contributed by atoms with Gasteiger partial charge in [-0.15, -0.1) is 0 Å². The lowest BCUT2D eigenvalue weighted by molar-refractivity contribution is -0.126. The molecule has 2 aromatic carbocycles. The number of hydrogen-bond acceptors (Lipinski definition) is 2. The molecule has 0 heterocycles. The number of carbonyl (C=O) groups excluding carboxylic acids is 2. The first-order valence-corrected chi connectivity index (χ1v) is 7.56. The number of nitrogens with one attached hydrogen (secondary N) is 2. The predicted octanol–water partition coefficient (Wildman–Crippen LogP) is 3.40. The molecule has 0 bridgehead atoms. The van der Waals surface area contributed by atoms with Crippen LogP contribution < -0.4 is 10.9 Å². The summed E-state index contributed by atoms with van der Waals surface area (Å²) in [7, 11) is 0. The van der Waals surface area contributed by atoms with Crippen molar-refractivity contribution >= 4 is 41.1 Å². The van der Waals surface area contributed by atoms with E-state index in [9.17, 15) is 9.59 Å². The minimum atomic E-state index is -0.450. The molecule has 2 N–H and O–H groups in total. The third-order valence-corrected chi connectivity index (χ3v) is 3.52. The Morgan fingerprint density at radius 2 is 1.65 bits per heavy atom. The minimum absolute atomic E-state index is 0.145. The molecule has 0 saturated heterocycles. The van der Waals surface area contributed by atoms with Gasteiger partial charge in [-0.05, 0) is 35.4 Å². The predicted molar refractivity (Wildman–Crippen MR) is 91.9 cm³/mol. The number of hydrogen-bond donors (Lipinski definition) is 2. The second-order valence-electron chi connectivity index (χ2n) is 4.70. The average molecular weight is 349 g/mol. The lowest BCUT2D eigenvalue weighted by Gasteiger charge is -2.05. The van der Waals surface area contributed by atoms with E-state index in [0.717, 1.165) is 11.1 Å². The largest absolute Gasteiger partial charge is 0.273 e. The number of halogens is 2. The van der Waals surface area contributed by atoms with Crippen molar-refractivity contribution in [1.29, 1.82) is 0 Å². The van der Waals surface area contributed by atoms with Crippen LogP contribution in [0.4, 0.5) is 0 Å². The Hall–Kier alpha value is -2.30. The smallest absolute Gasteiger partial charge is 0.262 e. The van der Waals surface area contributed by atoms with Crippen molar-refractivity contribution in [3.05, 3.63) is 75.8 Å². The third kappa shape index (κ3) is 5.77. The van der Waals surface area contributed by atoms with E-state index in [4.69, 9.17) is 23.2 Å². The van der Waals surface area contributed by atoms with E-state index in [2.05, 4.69) is 10.9 Å². The molecule has 2 rings (SSSR count). The number of rotatable bonds is 4. The number of benzene rings is 2. The first-order chi connectivity index (χ1) is 11.0. The van der Waals surface area contributed by atoms with E-state index in [1.807, 2.05) is 6.07 Å². The maximum Gasteiger partial charge on any atom is 0.262 e. The van der Waals surface area contributed by atoms with Gasteiger partial charge in [0.05, 0.1) is 6.42 Å². The minimum Gasteiger partial charge on any atom is -0.273 e. The fraction of sp³-hybridized carbons (Fsp3) is 0.0588. The van der Waals surface area contributed by atoms with Crippen molar-refractivity contribution in [3.8, 4) is 0 Å². The van der Waals surface area contributed by atoms with Gasteiger partial charge in [0.2, 0.25) is 5.91 Å². The molecule has 118 valence electrons. The Bertz CT molecular complexity index is 728. The fourth-order valence-electron chi connectivity index (χ4n) is 1.78. The summed E-state index contributed by atoms with van der Waals surface area (Å²) in [5.41, 5.74) is 6.17. The van der Waals surface area contributed by atoms with Gasteiger partial charge in [0.25, 0.3) is 5.91 Å². The molecular formula is C17H14Cl2N2O2. The van der Waals surface area contributed by atoms with E-state index >= 15 is 0 Å². The molecule has 4 nitrogen and oxygen atoms in total. The van der Waals surface area contributed by atoms with Gasteiger partial charge in [-0.1, -0.05) is 53.5 Å². The van der Waals surface area contributed by atoms with E-state index in [1.165, 1.54) is 6.08 Å². The molecule has 0 atom stereocenters. The standard InChI is InChI=1S/C17H14Cl2N2O2/c18-14-8-5-12(6-9-14)11-17(23)21-20-16(22)10-7-13-3-1-2-4-15(13)19/h1-10H,11H2,(H,20,22)(H,21,23)/b10-7+. The Kier molecular flexibility index (Phi) is 6.20. The Morgan fingerprint density at radius 1 is 0.957 bits per heavy atom. The highest BCUT2D eigenvalue weighted by molar-refractivity contribution is 6.32. The zero-order chi connectivity index (χ0) is 16.7. The van der Waals surface area contributed by atoms with E-state index in [0.29, 0.717) is 10.0 Å². The fourth-order valence-corrected chi connectivity index (χ4v) is 2.11. The molecule has 0 unspecified atom stereocenters. The van der Waals surface area contributed by atoms with Gasteiger partial charge >= 0.3 is 0 Å². The van der Waals surface area contributed by atoms with Crippen molar-refractivity contribution in [1.82, 2.24) is 10.9 Å². The van der Waals surface area contributed by atoms with E-state index in [-0.39, 0.29) is 12.3 Å². The first-order valence-electron chi connectivity index (χ1n) is 6.80. The maximum absolute atomic E-state index is 11.7. The van der Waals surface area contributed by atoms with Crippen LogP contribution in [-0.4, -0.2) is 11.8 Å². The molecule has 0 aliphatic carbocycles. The van der Waals surface area contributed by atoms with Crippen LogP contribution >= 0.6 is 23.2 Å². The Balaban J connectivity index is 1.81. The summed E-state index contributed by atoms with van der Waals surface area (Å²) in [5, 5.41) is 1.15. The van der Waals surface area contributed by atoms with Crippen molar-refractivity contribution in [2.75, 3.05) is 0 Å². The van der Waals surface area contributed by atoms with Crippen LogP contribution in [-0.2, 0) is 16.0 Å². The van der Waals surface area contributed by atoms with Crippen LogP contribution in [0.25, 0.3) is 6.08 Å². The third-order valence-electron chi connectivity index (χ3n) is 2.92. The molecule has 0 aliphatic heterocycles. The SMILES string of the molecule is O=C(/C=C/c1ccccc1Cl)NNC(=O)Cc1ccc(Cl)cc1. The lowest BCUT2D eigenvalue weighted by Crippen LogP contribution is -2.41. The number of amides is 2. The summed E-state index contributed by atoms with van der Waals surface area (Å²) in [6.45, 7) is 0. The Morgan fingerprint density at radius 3 is 2.35 bits per heavy atom. The highest BCUT2D eigenvalue weighted by Gasteiger charge is 2.04. The summed E-state index contributed by atoms with van der Waals surface area (Å²) in [5.74, 6) is -0.777. The van der Waals surface area contributed by atoms with Crippen LogP contribution in [0, 0.1) is 0 Å². The number of carbonyl (C=O) groups is 2. The monoisotopic (exact) mass is 348 g/mol. The van der Waals surface area contributed by atoms with Gasteiger partial charge in [-0.2, -0.15) is 0 Å². The lowest BCUT2D eigenvalue weighted by atomic mass is 10.1. The van der Waals surface area contributed by atoms with Crippen molar-refractivity contribution < 1.29 is 9.59 Å². The van der Waals surface area contributed by atoms with Gasteiger partial charge in [0.15, 0.2) is 0 Å². The second kappa shape index (κ2) is 8.36. The molecule has 0 saturated carbocycles. The van der Waals surface area contributed by atoms with Crippen molar-refractivity contribution in [2.24, 2.45) is 0 Å². The summed E-state index contributed by atoms with van der Waals surface area (Å²) >= 11 is 11.7. The van der Waals surface area contributed by atoms with Crippen molar-refractivity contribution in [2.45, 2.75) is 6.42 Å². The zero-order valence-electron chi connectivity index (χ0n) is 12.1. The van der Waals surface area contributed by atoms with Crippen LogP contribution in [0.1, 0.15) is 11.1 Å². The van der Waals surface area contributed by atoms with Gasteiger partial charge in [-0.25, -0.2) is 0 Å². The molecule has 0 radical (unpaired) electrons. The van der Waals surface area contributed by atoms with E-state index in [1.54, 1.807) is 48.5 Å². The summed E-state index contributed by atoms with van der Waals surface area (Å²) in [6.07, 6.45) is 3.01. The quantitative estimate of drug-likeness (QED) is 0.657. The second-order valence-corrected chi connectivity index (χ2v) is 5.54. The van der Waals surface area contributed by atoms with Gasteiger partial charge < -0.3 is 0 Å². The maximum atomic E-state index is 11.7. The highest BCUT2D eigenvalue weighted by Crippen LogP contribution is 2.16. The van der Waals surface area contributed by atoms with Gasteiger partial charge in [-0.3, -0.25) is 20.4 Å². The summed E-state index contributed by atoms with van der Waals surface area (Å²) in [6, 6.07) is 14.0. The summed E-state index contributed by atoms with van der Waals surface area (Å²) in [4.78, 5) is 23.4. The van der Waals surface area contributed by atoms with Crippen LogP contribution in [0.3, 0.4) is 0 Å². The zero-order valence-corrected chi connectivity index (χ0v) is 13.6. The molecule has 0 aromatic heterocycles. The van der Waals surface area contributed by atoms with Gasteiger partial charge in [0, 0.05) is 16.1 Å². The van der Waals surface area contributed by atoms with Crippen LogP contribution in [0.2, 0.25) is 10.0 Å². The molecule has 2 amide bonds. The molecule has 0 fully saturated rings. The first kappa shape index (κ1) is 17.1. The Labute approximate surface area is 144 Å². The normalized spacial score (nSPS) is 10.5. The molecule has 0 aliphatic rings. The molecule has 6 heteroatoms. The number of hydrazine groups is 1. The average Bonchev–Trinajstić information content (AvgIpc) is 2.54. The highest BCUT2D eigenvalue weighted by atomic mass is 35.5.